The van der Waals surface area contributed by atoms with Crippen LogP contribution in [0, 0.1) is 11.8 Å². The minimum Gasteiger partial charge on any atom is -0.465 e. The lowest BCUT2D eigenvalue weighted by Crippen LogP contribution is -2.55. The van der Waals surface area contributed by atoms with Gasteiger partial charge in [-0.2, -0.15) is 0 Å². The van der Waals surface area contributed by atoms with Gasteiger partial charge in [-0.05, 0) is 67.9 Å². The highest BCUT2D eigenvalue weighted by molar-refractivity contribution is 8.02. The minimum atomic E-state index is -0.686. The van der Waals surface area contributed by atoms with E-state index in [9.17, 15) is 19.5 Å². The van der Waals surface area contributed by atoms with Crippen molar-refractivity contribution in [1.29, 1.82) is 0 Å². The normalized spacial score (nSPS) is 26.3. The first-order chi connectivity index (χ1) is 20.0. The van der Waals surface area contributed by atoms with Crippen LogP contribution in [0.25, 0.3) is 10.8 Å². The summed E-state index contributed by atoms with van der Waals surface area (Å²) < 4.78 is 5.00. The number of ether oxygens (including phenoxy) is 1. The molecule has 5 rings (SSSR count). The van der Waals surface area contributed by atoms with E-state index in [2.05, 4.69) is 13.2 Å². The lowest BCUT2D eigenvalue weighted by atomic mass is 9.71. The number of esters is 1. The van der Waals surface area contributed by atoms with Crippen LogP contribution in [0.5, 0.6) is 0 Å². The Balaban J connectivity index is 1.48. The van der Waals surface area contributed by atoms with Gasteiger partial charge in [0.2, 0.25) is 5.91 Å². The molecule has 2 unspecified atom stereocenters. The van der Waals surface area contributed by atoms with Gasteiger partial charge in [0.15, 0.2) is 0 Å². The summed E-state index contributed by atoms with van der Waals surface area (Å²) in [6, 6.07) is 13.3. The number of amides is 2. The third-order valence-electron chi connectivity index (χ3n) is 8.78. The Morgan fingerprint density at radius 1 is 1.10 bits per heavy atom. The van der Waals surface area contributed by atoms with E-state index in [1.807, 2.05) is 42.5 Å². The molecule has 218 valence electrons. The highest BCUT2D eigenvalue weighted by Gasteiger charge is 2.74. The van der Waals surface area contributed by atoms with Gasteiger partial charge in [0.05, 0.1) is 23.2 Å². The maximum absolute atomic E-state index is 14.7. The molecule has 2 aromatic rings. The van der Waals surface area contributed by atoms with E-state index >= 15 is 0 Å². The maximum Gasteiger partial charge on any atom is 0.310 e. The van der Waals surface area contributed by atoms with Crippen LogP contribution in [0.1, 0.15) is 44.9 Å². The van der Waals surface area contributed by atoms with Crippen LogP contribution in [-0.4, -0.2) is 70.1 Å². The van der Waals surface area contributed by atoms with Crippen molar-refractivity contribution in [2.75, 3.05) is 31.2 Å². The number of thioether (sulfide) groups is 1. The van der Waals surface area contributed by atoms with Crippen molar-refractivity contribution in [3.05, 3.63) is 67.8 Å². The molecule has 1 N–H and O–H groups in total. The fourth-order valence-corrected chi connectivity index (χ4v) is 9.15. The standard InChI is InChI=1S/C33H40N2O5S/c1-3-5-11-21-40-32(39)27-26-16-17-33(41-26)28(27)30(37)35(19-9-6-10-20-36)29(33)31(38)34(18-4-2)25-15-14-23-12-7-8-13-24(23)22-25/h3-4,7-8,12-15,22,26-29,36H,1-2,5-6,9-11,16-21H2/t26-,27+,28-,29?,33?/m0/s1. The zero-order chi connectivity index (χ0) is 29.0. The van der Waals surface area contributed by atoms with Crippen molar-refractivity contribution in [3.8, 4) is 0 Å². The van der Waals surface area contributed by atoms with Crippen LogP contribution in [0.2, 0.25) is 0 Å². The summed E-state index contributed by atoms with van der Waals surface area (Å²) in [6.45, 7) is 8.76. The average molecular weight is 577 g/mol. The van der Waals surface area contributed by atoms with E-state index in [-0.39, 0.29) is 29.6 Å². The molecule has 0 aliphatic carbocycles. The number of unbranched alkanes of at least 4 members (excludes halogenated alkanes) is 3. The molecule has 0 saturated carbocycles. The van der Waals surface area contributed by atoms with Gasteiger partial charge in [-0.15, -0.1) is 24.9 Å². The minimum absolute atomic E-state index is 0.0313. The van der Waals surface area contributed by atoms with Gasteiger partial charge in [-0.25, -0.2) is 0 Å². The summed E-state index contributed by atoms with van der Waals surface area (Å²) in [5.74, 6) is -1.70. The van der Waals surface area contributed by atoms with Crippen molar-refractivity contribution in [2.24, 2.45) is 11.8 Å². The molecule has 0 aromatic heterocycles. The summed E-state index contributed by atoms with van der Waals surface area (Å²) in [7, 11) is 0. The van der Waals surface area contributed by atoms with Gasteiger partial charge in [0.1, 0.15) is 6.04 Å². The molecule has 2 amide bonds. The van der Waals surface area contributed by atoms with E-state index in [1.165, 1.54) is 0 Å². The SMILES string of the molecule is C=CCCCOC(=O)[C@@H]1[C@@H]2CCC3(S2)C(C(=O)N(CC=C)c2ccc4ccccc4c2)N(CCCCCO)C(=O)[C@H]13. The summed E-state index contributed by atoms with van der Waals surface area (Å²) in [5.41, 5.74) is 0.761. The molecule has 3 fully saturated rings. The van der Waals surface area contributed by atoms with Gasteiger partial charge in [0, 0.05) is 30.6 Å². The van der Waals surface area contributed by atoms with Crippen molar-refractivity contribution in [1.82, 2.24) is 4.90 Å². The number of allylic oxidation sites excluding steroid dienone is 1. The Hall–Kier alpha value is -3.10. The second-order valence-corrected chi connectivity index (χ2v) is 12.8. The topological polar surface area (TPSA) is 87.2 Å². The van der Waals surface area contributed by atoms with Crippen molar-refractivity contribution in [3.63, 3.8) is 0 Å². The van der Waals surface area contributed by atoms with E-state index in [4.69, 9.17) is 4.74 Å². The lowest BCUT2D eigenvalue weighted by Gasteiger charge is -2.37. The molecule has 2 bridgehead atoms. The first kappa shape index (κ1) is 29.4. The fourth-order valence-electron chi connectivity index (χ4n) is 6.95. The Labute approximate surface area is 246 Å². The number of benzene rings is 2. The number of hydrogen-bond acceptors (Lipinski definition) is 6. The summed E-state index contributed by atoms with van der Waals surface area (Å²) >= 11 is 1.66. The van der Waals surface area contributed by atoms with Crippen molar-refractivity contribution < 1.29 is 24.2 Å². The molecule has 1 spiro atoms. The number of nitrogens with zero attached hydrogens (tertiary/aromatic N) is 2. The zero-order valence-electron chi connectivity index (χ0n) is 23.6. The highest BCUT2D eigenvalue weighted by Crippen LogP contribution is 2.66. The van der Waals surface area contributed by atoms with E-state index in [0.717, 1.165) is 35.7 Å². The molecular formula is C33H40N2O5S. The van der Waals surface area contributed by atoms with Crippen LogP contribution in [0.3, 0.4) is 0 Å². The predicted octanol–water partition coefficient (Wildman–Crippen LogP) is 5.12. The smallest absolute Gasteiger partial charge is 0.310 e. The van der Waals surface area contributed by atoms with Crippen LogP contribution in [0.15, 0.2) is 67.8 Å². The van der Waals surface area contributed by atoms with E-state index < -0.39 is 22.6 Å². The van der Waals surface area contributed by atoms with Crippen molar-refractivity contribution in [2.45, 2.75) is 61.0 Å². The molecule has 3 heterocycles. The molecule has 3 saturated heterocycles. The Kier molecular flexibility index (Phi) is 9.19. The largest absolute Gasteiger partial charge is 0.465 e. The monoisotopic (exact) mass is 576 g/mol. The van der Waals surface area contributed by atoms with E-state index in [1.54, 1.807) is 33.7 Å². The molecule has 0 radical (unpaired) electrons. The zero-order valence-corrected chi connectivity index (χ0v) is 24.4. The van der Waals surface area contributed by atoms with Crippen LogP contribution >= 0.6 is 11.8 Å². The quantitative estimate of drug-likeness (QED) is 0.191. The molecule has 3 aliphatic heterocycles. The number of aliphatic hydroxyl groups excluding tert-OH is 1. The first-order valence-electron chi connectivity index (χ1n) is 14.7. The predicted molar refractivity (Wildman–Crippen MR) is 164 cm³/mol. The first-order valence-corrected chi connectivity index (χ1v) is 15.6. The van der Waals surface area contributed by atoms with Crippen LogP contribution in [0.4, 0.5) is 5.69 Å². The summed E-state index contributed by atoms with van der Waals surface area (Å²) in [5, 5.41) is 11.4. The Morgan fingerprint density at radius 2 is 1.90 bits per heavy atom. The number of aliphatic hydroxyl groups is 1. The van der Waals surface area contributed by atoms with Crippen molar-refractivity contribution >= 4 is 46.0 Å². The molecule has 3 aliphatic rings. The van der Waals surface area contributed by atoms with Gasteiger partial charge < -0.3 is 19.6 Å². The lowest BCUT2D eigenvalue weighted by molar-refractivity contribution is -0.154. The number of hydrogen-bond donors (Lipinski definition) is 1. The summed E-state index contributed by atoms with van der Waals surface area (Å²) in [6.07, 6.45) is 8.54. The average Bonchev–Trinajstić information content (AvgIpc) is 3.63. The fraction of sp³-hybridized carbons (Fsp3) is 0.485. The maximum atomic E-state index is 14.7. The number of fused-ring (bicyclic) bond motifs is 2. The second kappa shape index (κ2) is 12.8. The third-order valence-corrected chi connectivity index (χ3v) is 10.7. The molecule has 2 aromatic carbocycles. The van der Waals surface area contributed by atoms with Gasteiger partial charge in [0.25, 0.3) is 5.91 Å². The van der Waals surface area contributed by atoms with E-state index in [0.29, 0.717) is 45.4 Å². The Morgan fingerprint density at radius 3 is 2.66 bits per heavy atom. The highest BCUT2D eigenvalue weighted by atomic mass is 32.2. The van der Waals surface area contributed by atoms with Crippen LogP contribution in [-0.2, 0) is 19.1 Å². The number of rotatable bonds is 14. The number of likely N-dealkylation sites (tertiary alicyclic amines) is 1. The third kappa shape index (κ3) is 5.44. The van der Waals surface area contributed by atoms with Gasteiger partial charge >= 0.3 is 5.97 Å². The molecule has 41 heavy (non-hydrogen) atoms. The Bertz CT molecular complexity index is 1310. The molecule has 8 heteroatoms. The molecular weight excluding hydrogens is 536 g/mol. The van der Waals surface area contributed by atoms with Gasteiger partial charge in [-0.1, -0.05) is 42.5 Å². The van der Waals surface area contributed by atoms with Gasteiger partial charge in [-0.3, -0.25) is 14.4 Å². The second-order valence-electron chi connectivity index (χ2n) is 11.2. The molecule has 7 nitrogen and oxygen atoms in total. The number of carbonyl (C=O) groups is 3. The van der Waals surface area contributed by atoms with Crippen LogP contribution < -0.4 is 4.90 Å². The molecule has 5 atom stereocenters. The summed E-state index contributed by atoms with van der Waals surface area (Å²) in [4.78, 5) is 45.7. The number of carbonyl (C=O) groups excluding carboxylic acids is 3. The number of anilines is 1.